The number of amides is 2. The van der Waals surface area contributed by atoms with E-state index in [0.717, 1.165) is 14.3 Å². The van der Waals surface area contributed by atoms with E-state index < -0.39 is 11.8 Å². The van der Waals surface area contributed by atoms with Crippen molar-refractivity contribution < 1.29 is 19.1 Å². The number of carbonyl (C=O) groups is 2. The van der Waals surface area contributed by atoms with Gasteiger partial charge in [-0.2, -0.15) is 0 Å². The molecule has 0 saturated heterocycles. The molecule has 0 aliphatic heterocycles. The highest BCUT2D eigenvalue weighted by Crippen LogP contribution is 2.21. The zero-order valence-electron chi connectivity index (χ0n) is 15.9. The molecule has 7 nitrogen and oxygen atoms in total. The van der Waals surface area contributed by atoms with Crippen molar-refractivity contribution in [3.8, 4) is 11.5 Å². The summed E-state index contributed by atoms with van der Waals surface area (Å²) in [6, 6.07) is 18.4. The highest BCUT2D eigenvalue weighted by atomic mass is 127. The van der Waals surface area contributed by atoms with Gasteiger partial charge in [0.2, 0.25) is 0 Å². The smallest absolute Gasteiger partial charge is 0.269 e. The van der Waals surface area contributed by atoms with Gasteiger partial charge >= 0.3 is 0 Å². The average Bonchev–Trinajstić information content (AvgIpc) is 2.75. The third-order valence-electron chi connectivity index (χ3n) is 4.05. The van der Waals surface area contributed by atoms with E-state index in [2.05, 4.69) is 38.8 Å². The molecule has 0 saturated carbocycles. The van der Waals surface area contributed by atoms with Crippen LogP contribution in [0.4, 0.5) is 0 Å². The Kier molecular flexibility index (Phi) is 7.41. The maximum atomic E-state index is 12.2. The molecule has 0 atom stereocenters. The van der Waals surface area contributed by atoms with Gasteiger partial charge in [0.05, 0.1) is 10.7 Å². The van der Waals surface area contributed by atoms with Gasteiger partial charge in [-0.05, 0) is 75.9 Å². The SMILES string of the molecule is COc1ccc(C(=O)NNC(=S)NC(=O)COc2ccc3ccccc3c2)cc1I. The molecule has 0 fully saturated rings. The summed E-state index contributed by atoms with van der Waals surface area (Å²) in [6.45, 7) is -0.217. The Morgan fingerprint density at radius 3 is 2.50 bits per heavy atom. The van der Waals surface area contributed by atoms with Gasteiger partial charge in [0.1, 0.15) is 11.5 Å². The maximum Gasteiger partial charge on any atom is 0.269 e. The van der Waals surface area contributed by atoms with Gasteiger partial charge in [0.25, 0.3) is 11.8 Å². The van der Waals surface area contributed by atoms with Crippen LogP contribution in [0.15, 0.2) is 60.7 Å². The molecule has 30 heavy (non-hydrogen) atoms. The van der Waals surface area contributed by atoms with Crippen molar-refractivity contribution in [2.45, 2.75) is 0 Å². The van der Waals surface area contributed by atoms with Crippen molar-refractivity contribution in [2.24, 2.45) is 0 Å². The van der Waals surface area contributed by atoms with E-state index in [1.807, 2.05) is 36.4 Å². The zero-order chi connectivity index (χ0) is 21.5. The number of hydrogen-bond donors (Lipinski definition) is 3. The Bertz CT molecular complexity index is 1110. The topological polar surface area (TPSA) is 88.7 Å². The number of benzene rings is 3. The zero-order valence-corrected chi connectivity index (χ0v) is 18.9. The lowest BCUT2D eigenvalue weighted by Crippen LogP contribution is -2.49. The molecule has 0 spiro atoms. The minimum Gasteiger partial charge on any atom is -0.496 e. The molecule has 2 amide bonds. The molecule has 0 aromatic heterocycles. The molecule has 0 aliphatic carbocycles. The summed E-state index contributed by atoms with van der Waals surface area (Å²) < 4.78 is 11.5. The van der Waals surface area contributed by atoms with Crippen molar-refractivity contribution >= 4 is 62.5 Å². The fraction of sp³-hybridized carbons (Fsp3) is 0.0952. The highest BCUT2D eigenvalue weighted by molar-refractivity contribution is 14.1. The van der Waals surface area contributed by atoms with E-state index >= 15 is 0 Å². The summed E-state index contributed by atoms with van der Waals surface area (Å²) in [7, 11) is 1.56. The first kappa shape index (κ1) is 21.8. The largest absolute Gasteiger partial charge is 0.496 e. The minimum absolute atomic E-state index is 0.0429. The summed E-state index contributed by atoms with van der Waals surface area (Å²) in [6.07, 6.45) is 0. The molecule has 154 valence electrons. The highest BCUT2D eigenvalue weighted by Gasteiger charge is 2.10. The van der Waals surface area contributed by atoms with Gasteiger partial charge in [0, 0.05) is 5.56 Å². The Balaban J connectivity index is 1.45. The van der Waals surface area contributed by atoms with Gasteiger partial charge in [-0.3, -0.25) is 25.8 Å². The molecule has 0 bridgehead atoms. The predicted octanol–water partition coefficient (Wildman–Crippen LogP) is 3.17. The minimum atomic E-state index is -0.450. The van der Waals surface area contributed by atoms with Crippen LogP contribution in [0.2, 0.25) is 0 Å². The van der Waals surface area contributed by atoms with E-state index in [9.17, 15) is 9.59 Å². The molecule has 3 N–H and O–H groups in total. The lowest BCUT2D eigenvalue weighted by atomic mass is 10.1. The Labute approximate surface area is 192 Å². The van der Waals surface area contributed by atoms with Crippen LogP contribution >= 0.6 is 34.8 Å². The van der Waals surface area contributed by atoms with E-state index in [1.165, 1.54) is 0 Å². The molecule has 3 aromatic carbocycles. The Morgan fingerprint density at radius 1 is 1.00 bits per heavy atom. The molecule has 0 unspecified atom stereocenters. The van der Waals surface area contributed by atoms with Crippen LogP contribution in [0.25, 0.3) is 10.8 Å². The fourth-order valence-corrected chi connectivity index (χ4v) is 3.49. The first-order valence-corrected chi connectivity index (χ1v) is 10.3. The molecule has 0 heterocycles. The standard InChI is InChI=1S/C21H18IN3O4S/c1-28-18-9-7-15(11-17(18)22)20(27)24-25-21(30)23-19(26)12-29-16-8-6-13-4-2-3-5-14(13)10-16/h2-11H,12H2,1H3,(H,24,27)(H2,23,25,26,30). The number of ether oxygens (including phenoxy) is 2. The number of hydrazine groups is 1. The Morgan fingerprint density at radius 2 is 1.77 bits per heavy atom. The third-order valence-corrected chi connectivity index (χ3v) is 5.09. The summed E-state index contributed by atoms with van der Waals surface area (Å²) >= 11 is 7.10. The number of hydrogen-bond acceptors (Lipinski definition) is 5. The van der Waals surface area contributed by atoms with Crippen LogP contribution in [0.3, 0.4) is 0 Å². The van der Waals surface area contributed by atoms with Gasteiger partial charge < -0.3 is 9.47 Å². The lowest BCUT2D eigenvalue weighted by molar-refractivity contribution is -0.121. The molecule has 3 rings (SSSR count). The van der Waals surface area contributed by atoms with Gasteiger partial charge in [-0.25, -0.2) is 0 Å². The molecule has 9 heteroatoms. The third kappa shape index (κ3) is 5.80. The van der Waals surface area contributed by atoms with Crippen LogP contribution in [-0.2, 0) is 4.79 Å². The van der Waals surface area contributed by atoms with Crippen LogP contribution in [0.5, 0.6) is 11.5 Å². The van der Waals surface area contributed by atoms with Crippen molar-refractivity contribution in [3.63, 3.8) is 0 Å². The second-order valence-electron chi connectivity index (χ2n) is 6.10. The number of halogens is 1. The number of fused-ring (bicyclic) bond motifs is 1. The van der Waals surface area contributed by atoms with E-state index in [1.54, 1.807) is 31.4 Å². The summed E-state index contributed by atoms with van der Waals surface area (Å²) in [5.41, 5.74) is 5.34. The van der Waals surface area contributed by atoms with Crippen LogP contribution in [0.1, 0.15) is 10.4 Å². The van der Waals surface area contributed by atoms with Crippen LogP contribution in [-0.4, -0.2) is 30.6 Å². The van der Waals surface area contributed by atoms with Crippen molar-refractivity contribution in [3.05, 3.63) is 69.8 Å². The van der Waals surface area contributed by atoms with E-state index in [0.29, 0.717) is 17.1 Å². The van der Waals surface area contributed by atoms with Crippen molar-refractivity contribution in [1.29, 1.82) is 0 Å². The van der Waals surface area contributed by atoms with Crippen LogP contribution in [0, 0.1) is 3.57 Å². The Hall–Kier alpha value is -2.92. The van der Waals surface area contributed by atoms with E-state index in [-0.39, 0.29) is 11.7 Å². The molecule has 3 aromatic rings. The average molecular weight is 535 g/mol. The van der Waals surface area contributed by atoms with Crippen LogP contribution < -0.4 is 25.6 Å². The summed E-state index contributed by atoms with van der Waals surface area (Å²) in [4.78, 5) is 24.2. The second kappa shape index (κ2) is 10.2. The number of nitrogens with one attached hydrogen (secondary N) is 3. The van der Waals surface area contributed by atoms with E-state index in [4.69, 9.17) is 21.7 Å². The van der Waals surface area contributed by atoms with Gasteiger partial charge in [-0.1, -0.05) is 30.3 Å². The maximum absolute atomic E-state index is 12.2. The predicted molar refractivity (Wildman–Crippen MR) is 126 cm³/mol. The fourth-order valence-electron chi connectivity index (χ4n) is 2.59. The van der Waals surface area contributed by atoms with Crippen molar-refractivity contribution in [2.75, 3.05) is 13.7 Å². The monoisotopic (exact) mass is 535 g/mol. The number of carbonyl (C=O) groups excluding carboxylic acids is 2. The quantitative estimate of drug-likeness (QED) is 0.265. The first-order valence-electron chi connectivity index (χ1n) is 8.81. The first-order chi connectivity index (χ1) is 14.5. The van der Waals surface area contributed by atoms with Gasteiger partial charge in [-0.15, -0.1) is 0 Å². The summed E-state index contributed by atoms with van der Waals surface area (Å²) in [5.74, 6) is 0.396. The lowest BCUT2D eigenvalue weighted by Gasteiger charge is -2.12. The normalized spacial score (nSPS) is 10.2. The number of rotatable bonds is 5. The second-order valence-corrected chi connectivity index (χ2v) is 7.67. The molecular weight excluding hydrogens is 517 g/mol. The molecule has 0 aliphatic rings. The molecule has 0 radical (unpaired) electrons. The number of methoxy groups -OCH3 is 1. The van der Waals surface area contributed by atoms with Gasteiger partial charge in [0.15, 0.2) is 11.7 Å². The summed E-state index contributed by atoms with van der Waals surface area (Å²) in [5, 5.41) is 4.50. The van der Waals surface area contributed by atoms with Crippen molar-refractivity contribution in [1.82, 2.24) is 16.2 Å². The number of thiocarbonyl (C=S) groups is 1. The molecular formula is C21H18IN3O4S.